The van der Waals surface area contributed by atoms with Crippen molar-refractivity contribution in [3.8, 4) is 0 Å². The third-order valence-corrected chi connectivity index (χ3v) is 6.24. The molecule has 0 saturated heterocycles. The minimum Gasteiger partial charge on any atom is -0.326 e. The van der Waals surface area contributed by atoms with E-state index in [0.717, 1.165) is 17.5 Å². The highest BCUT2D eigenvalue weighted by Crippen LogP contribution is 2.28. The molecule has 4 nitrogen and oxygen atoms in total. The summed E-state index contributed by atoms with van der Waals surface area (Å²) in [6, 6.07) is 3.51. The number of nitrogens with one attached hydrogen (secondary N) is 1. The number of benzene rings is 1. The summed E-state index contributed by atoms with van der Waals surface area (Å²) in [6.45, 7) is 8.70. The zero-order chi connectivity index (χ0) is 15.6. The predicted molar refractivity (Wildman–Crippen MR) is 86.0 cm³/mol. The van der Waals surface area contributed by atoms with Crippen molar-refractivity contribution in [1.29, 1.82) is 0 Å². The minimum atomic E-state index is -3.54. The summed E-state index contributed by atoms with van der Waals surface area (Å²) in [5, 5.41) is 0. The fourth-order valence-corrected chi connectivity index (χ4v) is 3.92. The van der Waals surface area contributed by atoms with Gasteiger partial charge in [-0.05, 0) is 51.9 Å². The largest absolute Gasteiger partial charge is 0.326 e. The second-order valence-corrected chi connectivity index (χ2v) is 8.30. The topological polar surface area (TPSA) is 72.2 Å². The highest BCUT2D eigenvalue weighted by molar-refractivity contribution is 9.10. The van der Waals surface area contributed by atoms with Gasteiger partial charge in [0.05, 0.1) is 4.90 Å². The van der Waals surface area contributed by atoms with Crippen LogP contribution in [0.25, 0.3) is 0 Å². The Morgan fingerprint density at radius 1 is 1.35 bits per heavy atom. The molecule has 0 aliphatic rings. The van der Waals surface area contributed by atoms with E-state index < -0.39 is 10.0 Å². The van der Waals surface area contributed by atoms with E-state index in [9.17, 15) is 8.42 Å². The molecule has 0 amide bonds. The quantitative estimate of drug-likeness (QED) is 0.816. The van der Waals surface area contributed by atoms with Gasteiger partial charge in [-0.2, -0.15) is 0 Å². The number of sulfonamides is 1. The first-order valence-corrected chi connectivity index (χ1v) is 8.89. The maximum atomic E-state index is 12.5. The maximum absolute atomic E-state index is 12.5. The van der Waals surface area contributed by atoms with E-state index in [1.807, 2.05) is 33.8 Å². The van der Waals surface area contributed by atoms with Crippen molar-refractivity contribution in [3.05, 3.63) is 27.7 Å². The number of nitrogens with two attached hydrogens (primary N) is 1. The summed E-state index contributed by atoms with van der Waals surface area (Å²) in [7, 11) is -3.54. The molecule has 0 fully saturated rings. The summed E-state index contributed by atoms with van der Waals surface area (Å²) in [5.74, 6) is 0. The van der Waals surface area contributed by atoms with E-state index in [4.69, 9.17) is 5.73 Å². The smallest absolute Gasteiger partial charge is 0.241 e. The molecule has 0 aliphatic heterocycles. The molecule has 0 bridgehead atoms. The van der Waals surface area contributed by atoms with Crippen LogP contribution in [0.2, 0.25) is 0 Å². The van der Waals surface area contributed by atoms with Crippen LogP contribution >= 0.6 is 15.9 Å². The summed E-state index contributed by atoms with van der Waals surface area (Å²) in [6.07, 6.45) is 0.901. The van der Waals surface area contributed by atoms with Crippen molar-refractivity contribution >= 4 is 26.0 Å². The Morgan fingerprint density at radius 2 is 1.95 bits per heavy atom. The molecule has 6 heteroatoms. The molecule has 3 N–H and O–H groups in total. The zero-order valence-corrected chi connectivity index (χ0v) is 14.9. The van der Waals surface area contributed by atoms with Gasteiger partial charge in [0.2, 0.25) is 10.0 Å². The zero-order valence-electron chi connectivity index (χ0n) is 12.5. The van der Waals surface area contributed by atoms with E-state index in [1.165, 1.54) is 0 Å². The second-order valence-electron chi connectivity index (χ2n) is 5.77. The van der Waals surface area contributed by atoms with Crippen LogP contribution < -0.4 is 10.5 Å². The van der Waals surface area contributed by atoms with Crippen LogP contribution in [-0.4, -0.2) is 15.0 Å². The van der Waals surface area contributed by atoms with E-state index in [1.54, 1.807) is 6.07 Å². The average molecular weight is 363 g/mol. The Hall–Kier alpha value is -0.430. The molecular weight excluding hydrogens is 340 g/mol. The molecular formula is C14H23BrN2O2S. The van der Waals surface area contributed by atoms with Gasteiger partial charge in [0.15, 0.2) is 0 Å². The Labute approximate surface area is 130 Å². The highest BCUT2D eigenvalue weighted by atomic mass is 79.9. The SMILES string of the molecule is CCC(C)(C)CNS(=O)(=O)c1cc(CN)cc(C)c1Br. The fraction of sp³-hybridized carbons (Fsp3) is 0.571. The van der Waals surface area contributed by atoms with Crippen molar-refractivity contribution in [3.63, 3.8) is 0 Å². The molecule has 20 heavy (non-hydrogen) atoms. The van der Waals surface area contributed by atoms with Crippen molar-refractivity contribution in [2.75, 3.05) is 6.54 Å². The average Bonchev–Trinajstić information content (AvgIpc) is 2.39. The normalized spacial score (nSPS) is 12.7. The van der Waals surface area contributed by atoms with Gasteiger partial charge in [-0.3, -0.25) is 0 Å². The van der Waals surface area contributed by atoms with E-state index in [2.05, 4.69) is 20.7 Å². The van der Waals surface area contributed by atoms with Crippen LogP contribution in [0.5, 0.6) is 0 Å². The number of hydrogen-bond acceptors (Lipinski definition) is 3. The third-order valence-electron chi connectivity index (χ3n) is 3.50. The molecule has 0 saturated carbocycles. The molecule has 0 spiro atoms. The molecule has 0 unspecified atom stereocenters. The molecule has 0 heterocycles. The van der Waals surface area contributed by atoms with Gasteiger partial charge in [-0.25, -0.2) is 13.1 Å². The number of aryl methyl sites for hydroxylation is 1. The Bertz CT molecular complexity index is 583. The van der Waals surface area contributed by atoms with Crippen LogP contribution in [0.3, 0.4) is 0 Å². The number of rotatable bonds is 6. The van der Waals surface area contributed by atoms with Crippen LogP contribution in [-0.2, 0) is 16.6 Å². The van der Waals surface area contributed by atoms with Gasteiger partial charge in [-0.1, -0.05) is 26.8 Å². The number of halogens is 1. The van der Waals surface area contributed by atoms with Gasteiger partial charge < -0.3 is 5.73 Å². The Kier molecular flexibility index (Phi) is 5.78. The molecule has 0 aliphatic carbocycles. The Balaban J connectivity index is 3.13. The van der Waals surface area contributed by atoms with Crippen LogP contribution in [0.4, 0.5) is 0 Å². The molecule has 1 aromatic carbocycles. The van der Waals surface area contributed by atoms with E-state index in [0.29, 0.717) is 17.6 Å². The first-order chi connectivity index (χ1) is 9.13. The third kappa shape index (κ3) is 4.28. The highest BCUT2D eigenvalue weighted by Gasteiger charge is 2.23. The second kappa shape index (κ2) is 6.56. The molecule has 1 aromatic rings. The predicted octanol–water partition coefficient (Wildman–Crippen LogP) is 2.93. The Morgan fingerprint density at radius 3 is 2.45 bits per heavy atom. The van der Waals surface area contributed by atoms with Crippen molar-refractivity contribution in [2.24, 2.45) is 11.1 Å². The number of hydrogen-bond donors (Lipinski definition) is 2. The summed E-state index contributed by atoms with van der Waals surface area (Å²) >= 11 is 3.36. The lowest BCUT2D eigenvalue weighted by molar-refractivity contribution is 0.350. The lowest BCUT2D eigenvalue weighted by Crippen LogP contribution is -2.34. The van der Waals surface area contributed by atoms with Gasteiger partial charge in [0.25, 0.3) is 0 Å². The lowest BCUT2D eigenvalue weighted by Gasteiger charge is -2.23. The van der Waals surface area contributed by atoms with Crippen LogP contribution in [0.15, 0.2) is 21.5 Å². The van der Waals surface area contributed by atoms with E-state index in [-0.39, 0.29) is 10.3 Å². The summed E-state index contributed by atoms with van der Waals surface area (Å²) in [5.41, 5.74) is 7.22. The van der Waals surface area contributed by atoms with Gasteiger partial charge in [0.1, 0.15) is 0 Å². The first-order valence-electron chi connectivity index (χ1n) is 6.61. The van der Waals surface area contributed by atoms with Crippen LogP contribution in [0.1, 0.15) is 38.3 Å². The van der Waals surface area contributed by atoms with Crippen molar-refractivity contribution in [1.82, 2.24) is 4.72 Å². The minimum absolute atomic E-state index is 0.0694. The van der Waals surface area contributed by atoms with Gasteiger partial charge in [-0.15, -0.1) is 0 Å². The first kappa shape index (κ1) is 17.6. The standard InChI is InChI=1S/C14H23BrN2O2S/c1-5-14(3,4)9-17-20(18,19)12-7-11(8-16)6-10(2)13(12)15/h6-7,17H,5,8-9,16H2,1-4H3. The van der Waals surface area contributed by atoms with E-state index >= 15 is 0 Å². The van der Waals surface area contributed by atoms with Crippen LogP contribution in [0, 0.1) is 12.3 Å². The molecule has 0 aromatic heterocycles. The van der Waals surface area contributed by atoms with Gasteiger partial charge in [0, 0.05) is 17.6 Å². The monoisotopic (exact) mass is 362 g/mol. The maximum Gasteiger partial charge on any atom is 0.241 e. The molecule has 0 radical (unpaired) electrons. The fourth-order valence-electron chi connectivity index (χ4n) is 1.62. The summed E-state index contributed by atoms with van der Waals surface area (Å²) in [4.78, 5) is 0.254. The van der Waals surface area contributed by atoms with Crippen molar-refractivity contribution < 1.29 is 8.42 Å². The molecule has 0 atom stereocenters. The van der Waals surface area contributed by atoms with Crippen molar-refractivity contribution in [2.45, 2.75) is 45.6 Å². The molecule has 1 rings (SSSR count). The summed E-state index contributed by atoms with van der Waals surface area (Å²) < 4.78 is 28.2. The van der Waals surface area contributed by atoms with Gasteiger partial charge >= 0.3 is 0 Å². The molecule has 114 valence electrons. The lowest BCUT2D eigenvalue weighted by atomic mass is 9.91.